The van der Waals surface area contributed by atoms with E-state index in [9.17, 15) is 4.79 Å². The van der Waals surface area contributed by atoms with Gasteiger partial charge in [0.05, 0.1) is 6.61 Å². The van der Waals surface area contributed by atoms with Crippen LogP contribution in [0.15, 0.2) is 0 Å². The standard InChI is InChI=1S/C7H15NO6.H2O/c1-8-7(14)6(13)5(12)4(11)3(10)2-9;/h3-6,9-13H,2H2,1H3,(H,8,14);1H2/t3-,4-,5+,6-;/m1./s1. The summed E-state index contributed by atoms with van der Waals surface area (Å²) in [6.45, 7) is -0.779. The molecule has 1 amide bonds. The molecule has 0 fully saturated rings. The number of nitrogens with one attached hydrogen (secondary N) is 1. The summed E-state index contributed by atoms with van der Waals surface area (Å²) in [6, 6.07) is 0. The van der Waals surface area contributed by atoms with Crippen molar-refractivity contribution in [2.24, 2.45) is 0 Å². The Balaban J connectivity index is 0. The molecule has 0 aliphatic heterocycles. The molecular formula is C7H17NO7. The normalized spacial score (nSPS) is 18.3. The molecule has 0 saturated carbocycles. The average molecular weight is 227 g/mol. The molecule has 0 aromatic carbocycles. The lowest BCUT2D eigenvalue weighted by molar-refractivity contribution is -0.148. The molecule has 8 heteroatoms. The fourth-order valence-corrected chi connectivity index (χ4v) is 0.825. The molecule has 8 nitrogen and oxygen atoms in total. The number of likely N-dealkylation sites (N-methyl/N-ethyl adjacent to an activating group) is 1. The van der Waals surface area contributed by atoms with E-state index >= 15 is 0 Å². The first-order valence-corrected chi connectivity index (χ1v) is 4.00. The third-order valence-electron chi connectivity index (χ3n) is 1.77. The minimum Gasteiger partial charge on any atom is -0.412 e. The Hall–Kier alpha value is -0.770. The first-order chi connectivity index (χ1) is 6.45. The molecule has 0 aromatic rings. The highest BCUT2D eigenvalue weighted by molar-refractivity contribution is 5.80. The zero-order chi connectivity index (χ0) is 11.3. The number of carbonyl (C=O) groups is 1. The first-order valence-electron chi connectivity index (χ1n) is 4.00. The van der Waals surface area contributed by atoms with Gasteiger partial charge in [0.2, 0.25) is 0 Å². The second-order valence-electron chi connectivity index (χ2n) is 2.79. The Morgan fingerprint density at radius 3 is 2.00 bits per heavy atom. The van der Waals surface area contributed by atoms with Gasteiger partial charge in [0.25, 0.3) is 5.91 Å². The van der Waals surface area contributed by atoms with Crippen LogP contribution in [0.1, 0.15) is 0 Å². The molecule has 0 rings (SSSR count). The zero-order valence-corrected chi connectivity index (χ0v) is 8.16. The van der Waals surface area contributed by atoms with E-state index in [1.165, 1.54) is 7.05 Å². The smallest absolute Gasteiger partial charge is 0.251 e. The van der Waals surface area contributed by atoms with Gasteiger partial charge in [0, 0.05) is 7.05 Å². The lowest BCUT2D eigenvalue weighted by Gasteiger charge is -2.24. The maximum atomic E-state index is 10.8. The number of aliphatic hydroxyl groups is 5. The summed E-state index contributed by atoms with van der Waals surface area (Å²) >= 11 is 0. The van der Waals surface area contributed by atoms with E-state index in [-0.39, 0.29) is 5.48 Å². The van der Waals surface area contributed by atoms with E-state index in [0.717, 1.165) is 0 Å². The fourth-order valence-electron chi connectivity index (χ4n) is 0.825. The van der Waals surface area contributed by atoms with Crippen molar-refractivity contribution in [1.29, 1.82) is 0 Å². The Bertz CT molecular complexity index is 188. The Labute approximate surface area is 86.1 Å². The number of rotatable bonds is 5. The van der Waals surface area contributed by atoms with Gasteiger partial charge in [0.1, 0.15) is 18.3 Å². The maximum Gasteiger partial charge on any atom is 0.251 e. The molecule has 0 heterocycles. The summed E-state index contributed by atoms with van der Waals surface area (Å²) < 4.78 is 0. The van der Waals surface area contributed by atoms with Crippen LogP contribution in [0, 0.1) is 0 Å². The molecule has 0 aliphatic rings. The van der Waals surface area contributed by atoms with Crippen LogP contribution in [0.3, 0.4) is 0 Å². The topological polar surface area (TPSA) is 162 Å². The molecule has 8 N–H and O–H groups in total. The van der Waals surface area contributed by atoms with Crippen molar-refractivity contribution in [3.05, 3.63) is 0 Å². The van der Waals surface area contributed by atoms with Gasteiger partial charge in [-0.15, -0.1) is 0 Å². The van der Waals surface area contributed by atoms with Gasteiger partial charge in [-0.3, -0.25) is 4.79 Å². The molecule has 0 spiro atoms. The molecule has 4 atom stereocenters. The van der Waals surface area contributed by atoms with Crippen molar-refractivity contribution < 1.29 is 35.8 Å². The van der Waals surface area contributed by atoms with Gasteiger partial charge < -0.3 is 36.3 Å². The molecule has 0 saturated heterocycles. The highest BCUT2D eigenvalue weighted by Gasteiger charge is 2.33. The van der Waals surface area contributed by atoms with E-state index in [4.69, 9.17) is 25.5 Å². The molecular weight excluding hydrogens is 210 g/mol. The predicted molar refractivity (Wildman–Crippen MR) is 48.8 cm³/mol. The minimum absolute atomic E-state index is 0. The van der Waals surface area contributed by atoms with Crippen LogP contribution in [-0.4, -0.2) is 75.0 Å². The van der Waals surface area contributed by atoms with Gasteiger partial charge in [0.15, 0.2) is 6.10 Å². The highest BCUT2D eigenvalue weighted by atomic mass is 16.4. The molecule has 0 unspecified atom stereocenters. The molecule has 92 valence electrons. The van der Waals surface area contributed by atoms with Crippen molar-refractivity contribution in [2.45, 2.75) is 24.4 Å². The first kappa shape index (κ1) is 16.7. The van der Waals surface area contributed by atoms with Crippen LogP contribution in [0.2, 0.25) is 0 Å². The monoisotopic (exact) mass is 227 g/mol. The van der Waals surface area contributed by atoms with E-state index in [1.807, 2.05) is 0 Å². The van der Waals surface area contributed by atoms with Gasteiger partial charge >= 0.3 is 0 Å². The van der Waals surface area contributed by atoms with E-state index in [1.54, 1.807) is 0 Å². The zero-order valence-electron chi connectivity index (χ0n) is 8.16. The van der Waals surface area contributed by atoms with Crippen LogP contribution >= 0.6 is 0 Å². The van der Waals surface area contributed by atoms with Crippen molar-refractivity contribution in [3.63, 3.8) is 0 Å². The Morgan fingerprint density at radius 2 is 1.67 bits per heavy atom. The van der Waals surface area contributed by atoms with Crippen LogP contribution in [-0.2, 0) is 4.79 Å². The van der Waals surface area contributed by atoms with E-state index in [0.29, 0.717) is 0 Å². The number of aliphatic hydroxyl groups excluding tert-OH is 5. The van der Waals surface area contributed by atoms with E-state index < -0.39 is 36.9 Å². The molecule has 0 bridgehead atoms. The van der Waals surface area contributed by atoms with Crippen LogP contribution in [0.4, 0.5) is 0 Å². The maximum absolute atomic E-state index is 10.8. The molecule has 0 aliphatic carbocycles. The van der Waals surface area contributed by atoms with Gasteiger partial charge in [-0.25, -0.2) is 0 Å². The third-order valence-corrected chi connectivity index (χ3v) is 1.77. The van der Waals surface area contributed by atoms with Gasteiger partial charge in [-0.05, 0) is 0 Å². The summed E-state index contributed by atoms with van der Waals surface area (Å²) in [7, 11) is 1.24. The third kappa shape index (κ3) is 4.51. The SMILES string of the molecule is CNC(=O)[C@H](O)[C@@H](O)[C@H](O)[C@H](O)CO.O. The van der Waals surface area contributed by atoms with Crippen molar-refractivity contribution in [1.82, 2.24) is 5.32 Å². The summed E-state index contributed by atoms with van der Waals surface area (Å²) in [5, 5.41) is 46.7. The van der Waals surface area contributed by atoms with Crippen molar-refractivity contribution in [2.75, 3.05) is 13.7 Å². The quantitative estimate of drug-likeness (QED) is 0.276. The Morgan fingerprint density at radius 1 is 1.20 bits per heavy atom. The molecule has 0 radical (unpaired) electrons. The average Bonchev–Trinajstić information content (AvgIpc) is 2.23. The fraction of sp³-hybridized carbons (Fsp3) is 0.857. The summed E-state index contributed by atoms with van der Waals surface area (Å²) in [5.74, 6) is -0.887. The van der Waals surface area contributed by atoms with Crippen molar-refractivity contribution in [3.8, 4) is 0 Å². The van der Waals surface area contributed by atoms with E-state index in [2.05, 4.69) is 5.32 Å². The van der Waals surface area contributed by atoms with Gasteiger partial charge in [-0.2, -0.15) is 0 Å². The lowest BCUT2D eigenvalue weighted by atomic mass is 10.0. The lowest BCUT2D eigenvalue weighted by Crippen LogP contribution is -2.51. The number of hydrogen-bond donors (Lipinski definition) is 6. The molecule has 0 aromatic heterocycles. The summed E-state index contributed by atoms with van der Waals surface area (Å²) in [6.07, 6.45) is -7.09. The number of carbonyl (C=O) groups excluding carboxylic acids is 1. The van der Waals surface area contributed by atoms with Crippen molar-refractivity contribution >= 4 is 5.91 Å². The van der Waals surface area contributed by atoms with Crippen LogP contribution < -0.4 is 5.32 Å². The second kappa shape index (κ2) is 7.51. The van der Waals surface area contributed by atoms with Crippen LogP contribution in [0.25, 0.3) is 0 Å². The van der Waals surface area contributed by atoms with Gasteiger partial charge in [-0.1, -0.05) is 0 Å². The highest BCUT2D eigenvalue weighted by Crippen LogP contribution is 2.04. The Kier molecular flexibility index (Phi) is 8.34. The predicted octanol–water partition coefficient (Wildman–Crippen LogP) is -4.66. The van der Waals surface area contributed by atoms with Crippen LogP contribution in [0.5, 0.6) is 0 Å². The number of amides is 1. The number of hydrogen-bond acceptors (Lipinski definition) is 6. The summed E-state index contributed by atoms with van der Waals surface area (Å²) in [4.78, 5) is 10.8. The largest absolute Gasteiger partial charge is 0.412 e. The second-order valence-corrected chi connectivity index (χ2v) is 2.79. The minimum atomic E-state index is -1.85. The summed E-state index contributed by atoms with van der Waals surface area (Å²) in [5.41, 5.74) is 0. The molecule has 15 heavy (non-hydrogen) atoms.